The van der Waals surface area contributed by atoms with Crippen molar-refractivity contribution in [1.29, 1.82) is 0 Å². The highest BCUT2D eigenvalue weighted by molar-refractivity contribution is 5.92. The van der Waals surface area contributed by atoms with Gasteiger partial charge in [0.1, 0.15) is 0 Å². The standard InChI is InChI=1S/C8H13NO5/c1-4-9(7(11)13-5-2)8(12)14-6(3)10/h4-5H2,1-3H3. The molecule has 0 aromatic heterocycles. The lowest BCUT2D eigenvalue weighted by Gasteiger charge is -2.16. The Balaban J connectivity index is 4.32. The van der Waals surface area contributed by atoms with E-state index in [1.807, 2.05) is 0 Å². The fourth-order valence-corrected chi connectivity index (χ4v) is 0.712. The Hall–Kier alpha value is -1.59. The molecule has 0 radical (unpaired) electrons. The van der Waals surface area contributed by atoms with Crippen LogP contribution < -0.4 is 0 Å². The first-order valence-corrected chi connectivity index (χ1v) is 4.19. The first kappa shape index (κ1) is 12.4. The summed E-state index contributed by atoms with van der Waals surface area (Å²) in [5, 5.41) is 0. The molecule has 2 amide bonds. The molecule has 0 N–H and O–H groups in total. The molecular formula is C8H13NO5. The number of hydrogen-bond acceptors (Lipinski definition) is 5. The van der Waals surface area contributed by atoms with Crippen LogP contribution in [0.1, 0.15) is 20.8 Å². The third-order valence-electron chi connectivity index (χ3n) is 1.26. The van der Waals surface area contributed by atoms with Crippen LogP contribution in [0.5, 0.6) is 0 Å². The summed E-state index contributed by atoms with van der Waals surface area (Å²) in [7, 11) is 0. The van der Waals surface area contributed by atoms with E-state index in [-0.39, 0.29) is 13.2 Å². The molecule has 0 saturated heterocycles. The van der Waals surface area contributed by atoms with Gasteiger partial charge in [0.15, 0.2) is 0 Å². The van der Waals surface area contributed by atoms with Crippen molar-refractivity contribution in [2.75, 3.05) is 13.2 Å². The van der Waals surface area contributed by atoms with Crippen LogP contribution >= 0.6 is 0 Å². The van der Waals surface area contributed by atoms with Gasteiger partial charge in [-0.1, -0.05) is 0 Å². The number of esters is 1. The van der Waals surface area contributed by atoms with Crippen LogP contribution in [0.15, 0.2) is 0 Å². The Morgan fingerprint density at radius 3 is 2.07 bits per heavy atom. The van der Waals surface area contributed by atoms with Crippen molar-refractivity contribution in [2.24, 2.45) is 0 Å². The average molecular weight is 203 g/mol. The number of nitrogens with zero attached hydrogens (tertiary/aromatic N) is 1. The van der Waals surface area contributed by atoms with Crippen molar-refractivity contribution in [2.45, 2.75) is 20.8 Å². The van der Waals surface area contributed by atoms with E-state index >= 15 is 0 Å². The van der Waals surface area contributed by atoms with E-state index in [0.29, 0.717) is 4.90 Å². The lowest BCUT2D eigenvalue weighted by molar-refractivity contribution is -0.135. The highest BCUT2D eigenvalue weighted by atomic mass is 16.6. The summed E-state index contributed by atoms with van der Waals surface area (Å²) in [4.78, 5) is 33.3. The van der Waals surface area contributed by atoms with Gasteiger partial charge in [-0.25, -0.2) is 14.5 Å². The lowest BCUT2D eigenvalue weighted by Crippen LogP contribution is -2.38. The Morgan fingerprint density at radius 1 is 1.14 bits per heavy atom. The van der Waals surface area contributed by atoms with Gasteiger partial charge in [0, 0.05) is 13.5 Å². The van der Waals surface area contributed by atoms with Crippen LogP contribution in [-0.2, 0) is 14.3 Å². The summed E-state index contributed by atoms with van der Waals surface area (Å²) in [5.74, 6) is -0.766. The third-order valence-corrected chi connectivity index (χ3v) is 1.26. The van der Waals surface area contributed by atoms with Crippen LogP contribution in [-0.4, -0.2) is 36.2 Å². The van der Waals surface area contributed by atoms with Crippen LogP contribution in [0.25, 0.3) is 0 Å². The maximum atomic E-state index is 11.1. The molecule has 6 heteroatoms. The summed E-state index contributed by atoms with van der Waals surface area (Å²) in [6.07, 6.45) is -1.83. The predicted molar refractivity (Wildman–Crippen MR) is 46.6 cm³/mol. The minimum atomic E-state index is -1.02. The molecular weight excluding hydrogens is 190 g/mol. The zero-order chi connectivity index (χ0) is 11.1. The maximum absolute atomic E-state index is 11.1. The first-order chi connectivity index (χ1) is 6.52. The number of hydrogen-bond donors (Lipinski definition) is 0. The number of amides is 2. The molecule has 0 aliphatic rings. The largest absolute Gasteiger partial charge is 0.449 e. The molecule has 0 unspecified atom stereocenters. The van der Waals surface area contributed by atoms with E-state index in [0.717, 1.165) is 6.92 Å². The van der Waals surface area contributed by atoms with Crippen molar-refractivity contribution in [3.05, 3.63) is 0 Å². The van der Waals surface area contributed by atoms with Gasteiger partial charge in [-0.2, -0.15) is 0 Å². The van der Waals surface area contributed by atoms with Gasteiger partial charge in [-0.15, -0.1) is 0 Å². The molecule has 6 nitrogen and oxygen atoms in total. The SMILES string of the molecule is CCOC(=O)N(CC)C(=O)OC(C)=O. The van der Waals surface area contributed by atoms with Crippen molar-refractivity contribution < 1.29 is 23.9 Å². The van der Waals surface area contributed by atoms with Gasteiger partial charge in [0.05, 0.1) is 6.61 Å². The first-order valence-electron chi connectivity index (χ1n) is 4.19. The number of carbonyl (C=O) groups is 3. The smallest absolute Gasteiger partial charge is 0.427 e. The van der Waals surface area contributed by atoms with Gasteiger partial charge in [-0.05, 0) is 13.8 Å². The molecule has 0 aliphatic carbocycles. The van der Waals surface area contributed by atoms with Crippen molar-refractivity contribution in [3.63, 3.8) is 0 Å². The minimum Gasteiger partial charge on any atom is -0.449 e. The van der Waals surface area contributed by atoms with Gasteiger partial charge in [0.2, 0.25) is 0 Å². The molecule has 0 heterocycles. The predicted octanol–water partition coefficient (Wildman–Crippen LogP) is 1.15. The molecule has 0 aliphatic heterocycles. The van der Waals surface area contributed by atoms with E-state index in [2.05, 4.69) is 9.47 Å². The summed E-state index contributed by atoms with van der Waals surface area (Å²) in [5.41, 5.74) is 0. The minimum absolute atomic E-state index is 0.0882. The molecule has 0 saturated carbocycles. The quantitative estimate of drug-likeness (QED) is 0.497. The Kier molecular flexibility index (Phi) is 5.28. The number of carbonyl (C=O) groups excluding carboxylic acids is 3. The van der Waals surface area contributed by atoms with E-state index in [9.17, 15) is 14.4 Å². The molecule has 0 atom stereocenters. The van der Waals surface area contributed by atoms with Gasteiger partial charge >= 0.3 is 18.2 Å². The van der Waals surface area contributed by atoms with E-state index in [4.69, 9.17) is 0 Å². The van der Waals surface area contributed by atoms with E-state index < -0.39 is 18.2 Å². The van der Waals surface area contributed by atoms with Crippen LogP contribution in [0.4, 0.5) is 9.59 Å². The summed E-state index contributed by atoms with van der Waals surface area (Å²) >= 11 is 0. The fourth-order valence-electron chi connectivity index (χ4n) is 0.712. The Morgan fingerprint density at radius 2 is 1.71 bits per heavy atom. The zero-order valence-electron chi connectivity index (χ0n) is 8.40. The second-order valence-electron chi connectivity index (χ2n) is 2.30. The molecule has 14 heavy (non-hydrogen) atoms. The fraction of sp³-hybridized carbons (Fsp3) is 0.625. The summed E-state index contributed by atoms with van der Waals surface area (Å²) in [6.45, 7) is 4.50. The second-order valence-corrected chi connectivity index (χ2v) is 2.30. The van der Waals surface area contributed by atoms with Crippen LogP contribution in [0.3, 0.4) is 0 Å². The summed E-state index contributed by atoms with van der Waals surface area (Å²) < 4.78 is 8.79. The molecule has 0 bridgehead atoms. The molecule has 80 valence electrons. The number of ether oxygens (including phenoxy) is 2. The van der Waals surface area contributed by atoms with Crippen molar-refractivity contribution in [3.8, 4) is 0 Å². The van der Waals surface area contributed by atoms with Crippen molar-refractivity contribution >= 4 is 18.2 Å². The molecule has 0 aromatic rings. The lowest BCUT2D eigenvalue weighted by atomic mass is 10.6. The van der Waals surface area contributed by atoms with Gasteiger partial charge in [-0.3, -0.25) is 4.79 Å². The molecule has 0 rings (SSSR count). The second kappa shape index (κ2) is 5.95. The van der Waals surface area contributed by atoms with E-state index in [1.165, 1.54) is 0 Å². The van der Waals surface area contributed by atoms with Crippen molar-refractivity contribution in [1.82, 2.24) is 4.90 Å². The third kappa shape index (κ3) is 3.88. The average Bonchev–Trinajstić information content (AvgIpc) is 2.04. The van der Waals surface area contributed by atoms with Gasteiger partial charge < -0.3 is 9.47 Å². The van der Waals surface area contributed by atoms with E-state index in [1.54, 1.807) is 13.8 Å². The molecule has 0 fully saturated rings. The van der Waals surface area contributed by atoms with Crippen LogP contribution in [0.2, 0.25) is 0 Å². The highest BCUT2D eigenvalue weighted by Gasteiger charge is 2.23. The normalized spacial score (nSPS) is 9.07. The monoisotopic (exact) mass is 203 g/mol. The Bertz CT molecular complexity index is 238. The molecule has 0 aromatic carbocycles. The number of imide groups is 1. The number of rotatable bonds is 2. The maximum Gasteiger partial charge on any atom is 0.427 e. The zero-order valence-corrected chi connectivity index (χ0v) is 8.40. The topological polar surface area (TPSA) is 72.9 Å². The Labute approximate surface area is 81.8 Å². The van der Waals surface area contributed by atoms with Crippen LogP contribution in [0, 0.1) is 0 Å². The summed E-state index contributed by atoms with van der Waals surface area (Å²) in [6, 6.07) is 0. The molecule has 0 spiro atoms. The van der Waals surface area contributed by atoms with Gasteiger partial charge in [0.25, 0.3) is 0 Å². The highest BCUT2D eigenvalue weighted by Crippen LogP contribution is 1.98.